The molecule has 0 spiro atoms. The molecule has 8 nitrogen and oxygen atoms in total. The second-order valence-corrected chi connectivity index (χ2v) is 3.91. The molecule has 0 radical (unpaired) electrons. The number of aromatic nitrogens is 2. The summed E-state index contributed by atoms with van der Waals surface area (Å²) >= 11 is 6.79. The van der Waals surface area contributed by atoms with E-state index in [-0.39, 0.29) is 27.7 Å². The number of hydrogen-bond acceptors (Lipinski definition) is 7. The van der Waals surface area contributed by atoms with E-state index in [9.17, 15) is 4.79 Å². The number of rotatable bonds is 2. The van der Waals surface area contributed by atoms with E-state index in [0.717, 1.165) is 0 Å². The number of carbonyl (C=O) groups excluding carboxylic acids is 1. The van der Waals surface area contributed by atoms with Crippen LogP contribution in [0.5, 0.6) is 0 Å². The Labute approximate surface area is 106 Å². The highest BCUT2D eigenvalue weighted by molar-refractivity contribution is 8.13. The van der Waals surface area contributed by atoms with E-state index in [1.54, 1.807) is 6.26 Å². The van der Waals surface area contributed by atoms with Gasteiger partial charge in [0.05, 0.1) is 0 Å². The van der Waals surface area contributed by atoms with E-state index < -0.39 is 5.91 Å². The number of nitrogen functional groups attached to an aromatic ring is 2. The lowest BCUT2D eigenvalue weighted by molar-refractivity contribution is 0.0950. The van der Waals surface area contributed by atoms with Gasteiger partial charge in [-0.2, -0.15) is 0 Å². The van der Waals surface area contributed by atoms with Crippen molar-refractivity contribution in [2.45, 2.75) is 0 Å². The number of carbonyl (C=O) groups is 1. The largest absolute Gasteiger partial charge is 0.382 e. The van der Waals surface area contributed by atoms with E-state index in [1.165, 1.54) is 11.8 Å². The Bertz CT molecular complexity index is 478. The van der Waals surface area contributed by atoms with E-state index in [1.807, 2.05) is 0 Å². The minimum atomic E-state index is -0.672. The molecule has 10 heteroatoms. The fourth-order valence-electron chi connectivity index (χ4n) is 0.813. The normalized spacial score (nSPS) is 11.3. The van der Waals surface area contributed by atoms with Crippen molar-refractivity contribution in [2.24, 2.45) is 10.8 Å². The van der Waals surface area contributed by atoms with Gasteiger partial charge in [-0.25, -0.2) is 15.4 Å². The fourth-order valence-corrected chi connectivity index (χ4v) is 1.08. The maximum absolute atomic E-state index is 11.6. The zero-order valence-electron chi connectivity index (χ0n) is 8.77. The highest BCUT2D eigenvalue weighted by Gasteiger charge is 2.15. The molecule has 0 atom stereocenters. The van der Waals surface area contributed by atoms with Crippen LogP contribution in [0.25, 0.3) is 0 Å². The summed E-state index contributed by atoms with van der Waals surface area (Å²) < 4.78 is 0. The second kappa shape index (κ2) is 5.55. The predicted octanol–water partition coefficient (Wildman–Crippen LogP) is -0.383. The Hall–Kier alpha value is -1.74. The molecule has 7 N–H and O–H groups in total. The second-order valence-electron chi connectivity index (χ2n) is 2.73. The predicted molar refractivity (Wildman–Crippen MR) is 68.5 cm³/mol. The number of nitrogens with zero attached hydrogens (tertiary/aromatic N) is 3. The zero-order chi connectivity index (χ0) is 13.0. The summed E-state index contributed by atoms with van der Waals surface area (Å²) in [5, 5.41) is 3.65. The number of anilines is 2. The van der Waals surface area contributed by atoms with Crippen LogP contribution < -0.4 is 22.6 Å². The van der Waals surface area contributed by atoms with Crippen molar-refractivity contribution in [3.63, 3.8) is 0 Å². The van der Waals surface area contributed by atoms with Crippen molar-refractivity contribution in [3.8, 4) is 0 Å². The first-order valence-corrected chi connectivity index (χ1v) is 5.82. The lowest BCUT2D eigenvalue weighted by Gasteiger charge is -2.04. The Balaban J connectivity index is 2.93. The molecular weight excluding hydrogens is 266 g/mol. The van der Waals surface area contributed by atoms with Gasteiger partial charge >= 0.3 is 0 Å². The van der Waals surface area contributed by atoms with Crippen molar-refractivity contribution >= 4 is 46.1 Å². The molecule has 17 heavy (non-hydrogen) atoms. The van der Waals surface area contributed by atoms with Crippen LogP contribution in [0, 0.1) is 0 Å². The van der Waals surface area contributed by atoms with Gasteiger partial charge in [0.15, 0.2) is 27.7 Å². The molecule has 0 bridgehead atoms. The maximum atomic E-state index is 11.6. The molecule has 1 heterocycles. The lowest BCUT2D eigenvalue weighted by atomic mass is 10.4. The number of amides is 1. The zero-order valence-corrected chi connectivity index (χ0v) is 10.3. The Morgan fingerprint density at radius 1 is 1.41 bits per heavy atom. The van der Waals surface area contributed by atoms with Gasteiger partial charge in [-0.15, -0.1) is 5.10 Å². The van der Waals surface area contributed by atoms with E-state index in [2.05, 4.69) is 20.5 Å². The molecule has 1 amide bonds. The molecule has 0 aliphatic carbocycles. The molecular formula is C7H10ClN7OS. The van der Waals surface area contributed by atoms with Crippen molar-refractivity contribution in [3.05, 3.63) is 10.8 Å². The van der Waals surface area contributed by atoms with Crippen LogP contribution in [0.3, 0.4) is 0 Å². The van der Waals surface area contributed by atoms with Gasteiger partial charge in [0.2, 0.25) is 0 Å². The van der Waals surface area contributed by atoms with Crippen LogP contribution in [0.4, 0.5) is 11.6 Å². The van der Waals surface area contributed by atoms with E-state index >= 15 is 0 Å². The molecule has 0 saturated carbocycles. The number of hydrogen-bond donors (Lipinski definition) is 4. The van der Waals surface area contributed by atoms with Gasteiger partial charge in [0.1, 0.15) is 0 Å². The van der Waals surface area contributed by atoms with Crippen molar-refractivity contribution in [2.75, 3.05) is 17.7 Å². The molecule has 0 aliphatic heterocycles. The Morgan fingerprint density at radius 3 is 2.65 bits per heavy atom. The maximum Gasteiger partial charge on any atom is 0.293 e. The number of amidine groups is 1. The number of nitrogens with two attached hydrogens (primary N) is 3. The Kier molecular flexibility index (Phi) is 4.35. The van der Waals surface area contributed by atoms with Crippen molar-refractivity contribution in [1.29, 1.82) is 0 Å². The number of nitrogens with one attached hydrogen (secondary N) is 1. The summed E-state index contributed by atoms with van der Waals surface area (Å²) in [7, 11) is 0. The SMILES string of the molecule is CS/C(N)=N/NC(=O)c1nc(Cl)c(N)nc1N. The summed E-state index contributed by atoms with van der Waals surface area (Å²) in [5.41, 5.74) is 18.2. The topological polar surface area (TPSA) is 145 Å². The summed E-state index contributed by atoms with van der Waals surface area (Å²) in [6.07, 6.45) is 1.71. The number of halogens is 1. The smallest absolute Gasteiger partial charge is 0.293 e. The third kappa shape index (κ3) is 3.36. The van der Waals surface area contributed by atoms with Crippen LogP contribution in [0.1, 0.15) is 10.5 Å². The molecule has 0 unspecified atom stereocenters. The summed E-state index contributed by atoms with van der Waals surface area (Å²) in [4.78, 5) is 18.9. The number of thioether (sulfide) groups is 1. The Morgan fingerprint density at radius 2 is 2.06 bits per heavy atom. The molecule has 0 fully saturated rings. The van der Waals surface area contributed by atoms with Gasteiger partial charge in [-0.05, 0) is 6.26 Å². The minimum absolute atomic E-state index is 0.0483. The molecule has 1 rings (SSSR count). The van der Waals surface area contributed by atoms with Crippen LogP contribution in [-0.2, 0) is 0 Å². The first-order valence-electron chi connectivity index (χ1n) is 4.21. The van der Waals surface area contributed by atoms with Crippen LogP contribution in [0.2, 0.25) is 5.15 Å². The van der Waals surface area contributed by atoms with Gasteiger partial charge in [0.25, 0.3) is 5.91 Å². The fraction of sp³-hybridized carbons (Fsp3) is 0.143. The van der Waals surface area contributed by atoms with Crippen molar-refractivity contribution in [1.82, 2.24) is 15.4 Å². The molecule has 1 aromatic rings. The van der Waals surface area contributed by atoms with Crippen molar-refractivity contribution < 1.29 is 4.79 Å². The first kappa shape index (κ1) is 13.3. The molecule has 0 saturated heterocycles. The van der Waals surface area contributed by atoms with Gasteiger partial charge in [-0.1, -0.05) is 23.4 Å². The van der Waals surface area contributed by atoms with Crippen LogP contribution >= 0.6 is 23.4 Å². The average molecular weight is 276 g/mol. The van der Waals surface area contributed by atoms with Crippen LogP contribution in [-0.4, -0.2) is 27.3 Å². The van der Waals surface area contributed by atoms with Gasteiger partial charge in [-0.3, -0.25) is 4.79 Å². The summed E-state index contributed by atoms with van der Waals surface area (Å²) in [6, 6.07) is 0. The highest BCUT2D eigenvalue weighted by Crippen LogP contribution is 2.17. The van der Waals surface area contributed by atoms with Crippen LogP contribution in [0.15, 0.2) is 5.10 Å². The molecule has 0 aliphatic rings. The van der Waals surface area contributed by atoms with Gasteiger partial charge in [0, 0.05) is 0 Å². The quantitative estimate of drug-likeness (QED) is 0.327. The standard InChI is InChI=1S/C7H10ClN7OS/c1-17-7(11)15-14-6(16)2-4(9)13-5(10)3(8)12-2/h1H3,(H2,11,15)(H,14,16)(H4,9,10,13). The average Bonchev–Trinajstić information content (AvgIpc) is 2.30. The minimum Gasteiger partial charge on any atom is -0.382 e. The molecule has 1 aromatic heterocycles. The van der Waals surface area contributed by atoms with E-state index in [0.29, 0.717) is 0 Å². The van der Waals surface area contributed by atoms with Gasteiger partial charge < -0.3 is 17.2 Å². The monoisotopic (exact) mass is 275 g/mol. The molecule has 0 aromatic carbocycles. The molecule has 92 valence electrons. The summed E-state index contributed by atoms with van der Waals surface area (Å²) in [6.45, 7) is 0. The lowest BCUT2D eigenvalue weighted by Crippen LogP contribution is -2.24. The van der Waals surface area contributed by atoms with E-state index in [4.69, 9.17) is 28.8 Å². The summed E-state index contributed by atoms with van der Waals surface area (Å²) in [5.74, 6) is -0.857. The third-order valence-corrected chi connectivity index (χ3v) is 2.38. The first-order chi connectivity index (χ1) is 7.95. The highest BCUT2D eigenvalue weighted by atomic mass is 35.5. The third-order valence-electron chi connectivity index (χ3n) is 1.60. The number of hydrazone groups is 1.